The summed E-state index contributed by atoms with van der Waals surface area (Å²) in [4.78, 5) is 29.1. The first-order chi connectivity index (χ1) is 11.0. The molecule has 0 aliphatic carbocycles. The number of fused-ring (bicyclic) bond motifs is 2. The average molecular weight is 334 g/mol. The minimum Gasteiger partial charge on any atom is -0.494 e. The molecule has 0 saturated carbocycles. The number of amides is 1. The van der Waals surface area contributed by atoms with Crippen LogP contribution in [0.1, 0.15) is 20.7 Å². The van der Waals surface area contributed by atoms with Gasteiger partial charge in [0.1, 0.15) is 10.6 Å². The van der Waals surface area contributed by atoms with E-state index in [1.54, 1.807) is 17.0 Å². The van der Waals surface area contributed by atoms with Crippen LogP contribution in [0.3, 0.4) is 0 Å². The SMILES string of the molecule is CNC(=O)c1cnc2c(Cl)c1N2c1cccc(C(=O)O)c1OC. The van der Waals surface area contributed by atoms with Gasteiger partial charge in [-0.2, -0.15) is 0 Å². The number of aromatic nitrogens is 1. The van der Waals surface area contributed by atoms with E-state index in [0.717, 1.165) is 0 Å². The zero-order chi connectivity index (χ0) is 16.7. The highest BCUT2D eigenvalue weighted by Crippen LogP contribution is 2.55. The Morgan fingerprint density at radius 1 is 1.35 bits per heavy atom. The summed E-state index contributed by atoms with van der Waals surface area (Å²) in [6, 6.07) is 4.71. The standard InChI is InChI=1S/C15H12ClN3O4/c1-17-14(20)8-6-18-13-10(16)11(8)19(13)9-5-3-4-7(15(21)22)12(9)23-2/h3-6H,1-2H3,(H,17,20)(H,21,22). The number of methoxy groups -OCH3 is 1. The van der Waals surface area contributed by atoms with Crippen LogP contribution >= 0.6 is 11.6 Å². The summed E-state index contributed by atoms with van der Waals surface area (Å²) < 4.78 is 5.25. The lowest BCUT2D eigenvalue weighted by atomic mass is 10.0. The molecule has 1 amide bonds. The number of pyridine rings is 1. The maximum atomic E-state index is 12.0. The minimum absolute atomic E-state index is 0.0118. The number of hydrogen-bond acceptors (Lipinski definition) is 5. The van der Waals surface area contributed by atoms with Gasteiger partial charge in [0.2, 0.25) is 0 Å². The molecule has 1 aromatic carbocycles. The van der Waals surface area contributed by atoms with Crippen molar-refractivity contribution in [1.29, 1.82) is 0 Å². The second-order valence-electron chi connectivity index (χ2n) is 4.74. The van der Waals surface area contributed by atoms with E-state index in [1.807, 2.05) is 0 Å². The molecule has 0 spiro atoms. The number of ether oxygens (including phenoxy) is 1. The molecule has 2 aromatic rings. The maximum Gasteiger partial charge on any atom is 0.339 e. The first kappa shape index (κ1) is 15.1. The van der Waals surface area contributed by atoms with E-state index >= 15 is 0 Å². The first-order valence-corrected chi connectivity index (χ1v) is 7.00. The third-order valence-electron chi connectivity index (χ3n) is 3.55. The van der Waals surface area contributed by atoms with Crippen LogP contribution in [0.4, 0.5) is 17.2 Å². The molecule has 2 aliphatic heterocycles. The number of aromatic carboxylic acids is 1. The smallest absolute Gasteiger partial charge is 0.339 e. The van der Waals surface area contributed by atoms with Crippen molar-refractivity contribution < 1.29 is 19.4 Å². The third kappa shape index (κ3) is 2.08. The fourth-order valence-corrected chi connectivity index (χ4v) is 2.83. The lowest BCUT2D eigenvalue weighted by Gasteiger charge is -2.36. The fourth-order valence-electron chi connectivity index (χ4n) is 2.51. The minimum atomic E-state index is -1.11. The van der Waals surface area contributed by atoms with Crippen LogP contribution in [0.5, 0.6) is 5.75 Å². The Hall–Kier alpha value is -2.80. The molecule has 3 heterocycles. The van der Waals surface area contributed by atoms with Crippen molar-refractivity contribution in [1.82, 2.24) is 10.3 Å². The van der Waals surface area contributed by atoms with Crippen LogP contribution in [0.15, 0.2) is 24.4 Å². The van der Waals surface area contributed by atoms with Crippen LogP contribution in [0.2, 0.25) is 5.02 Å². The second-order valence-corrected chi connectivity index (χ2v) is 5.11. The molecule has 2 bridgehead atoms. The summed E-state index contributed by atoms with van der Waals surface area (Å²) >= 11 is 6.18. The number of nitrogens with one attached hydrogen (secondary N) is 1. The number of nitrogens with zero attached hydrogens (tertiary/aromatic N) is 2. The number of carboxylic acid groups (broad SMARTS) is 1. The lowest BCUT2D eigenvalue weighted by Crippen LogP contribution is -2.29. The zero-order valence-corrected chi connectivity index (χ0v) is 13.0. The fraction of sp³-hybridized carbons (Fsp3) is 0.133. The molecule has 4 rings (SSSR count). The molecule has 0 radical (unpaired) electrons. The van der Waals surface area contributed by atoms with Crippen molar-refractivity contribution in [3.8, 4) is 5.75 Å². The number of halogens is 1. The Morgan fingerprint density at radius 2 is 2.09 bits per heavy atom. The Balaban J connectivity index is 2.17. The van der Waals surface area contributed by atoms with Crippen LogP contribution in [0.25, 0.3) is 0 Å². The molecule has 23 heavy (non-hydrogen) atoms. The van der Waals surface area contributed by atoms with Crippen molar-refractivity contribution in [2.24, 2.45) is 0 Å². The van der Waals surface area contributed by atoms with Gasteiger partial charge >= 0.3 is 5.97 Å². The van der Waals surface area contributed by atoms with Gasteiger partial charge < -0.3 is 15.2 Å². The number of hydrogen-bond donors (Lipinski definition) is 2. The molecule has 8 heteroatoms. The number of rotatable bonds is 4. The summed E-state index contributed by atoms with van der Waals surface area (Å²) in [5.41, 5.74) is 1.24. The van der Waals surface area contributed by atoms with Crippen molar-refractivity contribution in [2.75, 3.05) is 19.1 Å². The molecular weight excluding hydrogens is 322 g/mol. The van der Waals surface area contributed by atoms with Gasteiger partial charge in [-0.15, -0.1) is 0 Å². The van der Waals surface area contributed by atoms with Gasteiger partial charge in [-0.1, -0.05) is 17.7 Å². The molecule has 2 aliphatic rings. The van der Waals surface area contributed by atoms with Gasteiger partial charge in [-0.25, -0.2) is 9.78 Å². The first-order valence-electron chi connectivity index (χ1n) is 6.62. The molecule has 1 aromatic heterocycles. The number of para-hydroxylation sites is 1. The van der Waals surface area contributed by atoms with E-state index < -0.39 is 5.97 Å². The largest absolute Gasteiger partial charge is 0.494 e. The van der Waals surface area contributed by atoms with Gasteiger partial charge in [0.25, 0.3) is 5.91 Å². The summed E-state index contributed by atoms with van der Waals surface area (Å²) in [6.45, 7) is 0. The Morgan fingerprint density at radius 3 is 2.65 bits per heavy atom. The van der Waals surface area contributed by atoms with Crippen molar-refractivity contribution in [2.45, 2.75) is 0 Å². The quantitative estimate of drug-likeness (QED) is 0.762. The van der Waals surface area contributed by atoms with E-state index in [4.69, 9.17) is 16.3 Å². The monoisotopic (exact) mass is 333 g/mol. The van der Waals surface area contributed by atoms with Gasteiger partial charge in [-0.3, -0.25) is 9.69 Å². The summed E-state index contributed by atoms with van der Waals surface area (Å²) in [6.07, 6.45) is 1.43. The van der Waals surface area contributed by atoms with Crippen molar-refractivity contribution in [3.63, 3.8) is 0 Å². The molecule has 0 fully saturated rings. The number of carbonyl (C=O) groups is 2. The van der Waals surface area contributed by atoms with Gasteiger partial charge in [0.05, 0.1) is 24.0 Å². The molecule has 0 unspecified atom stereocenters. The molecule has 2 N–H and O–H groups in total. The van der Waals surface area contributed by atoms with E-state index in [9.17, 15) is 14.7 Å². The number of benzene rings is 1. The van der Waals surface area contributed by atoms with Crippen molar-refractivity contribution >= 4 is 40.7 Å². The van der Waals surface area contributed by atoms with E-state index in [0.29, 0.717) is 27.8 Å². The average Bonchev–Trinajstić information content (AvgIpc) is 2.58. The lowest BCUT2D eigenvalue weighted by molar-refractivity contribution is 0.0693. The number of anilines is 3. The van der Waals surface area contributed by atoms with Crippen molar-refractivity contribution in [3.05, 3.63) is 40.5 Å². The maximum absolute atomic E-state index is 12.0. The van der Waals surface area contributed by atoms with Crippen LogP contribution in [0, 0.1) is 0 Å². The highest BCUT2D eigenvalue weighted by Gasteiger charge is 2.37. The highest BCUT2D eigenvalue weighted by molar-refractivity contribution is 6.40. The zero-order valence-electron chi connectivity index (χ0n) is 12.3. The summed E-state index contributed by atoms with van der Waals surface area (Å²) in [5, 5.41) is 12.2. The summed E-state index contributed by atoms with van der Waals surface area (Å²) in [5.74, 6) is -0.833. The summed E-state index contributed by atoms with van der Waals surface area (Å²) in [7, 11) is 2.89. The van der Waals surface area contributed by atoms with Crippen LogP contribution in [-0.4, -0.2) is 36.1 Å². The van der Waals surface area contributed by atoms with Crippen LogP contribution < -0.4 is 15.0 Å². The molecule has 118 valence electrons. The van der Waals surface area contributed by atoms with Gasteiger partial charge in [0, 0.05) is 13.2 Å². The van der Waals surface area contributed by atoms with E-state index in [1.165, 1.54) is 26.4 Å². The normalized spacial score (nSPS) is 11.7. The van der Waals surface area contributed by atoms with E-state index in [2.05, 4.69) is 10.3 Å². The highest BCUT2D eigenvalue weighted by atomic mass is 35.5. The predicted octanol–water partition coefficient (Wildman–Crippen LogP) is 2.58. The Bertz CT molecular complexity index is 838. The molecule has 0 saturated heterocycles. The third-order valence-corrected chi connectivity index (χ3v) is 3.90. The Kier molecular flexibility index (Phi) is 3.57. The topological polar surface area (TPSA) is 91.8 Å². The predicted molar refractivity (Wildman–Crippen MR) is 84.4 cm³/mol. The number of carbonyl (C=O) groups excluding carboxylic acids is 1. The molecule has 0 atom stereocenters. The number of carboxylic acids is 1. The van der Waals surface area contributed by atoms with E-state index in [-0.39, 0.29) is 17.2 Å². The van der Waals surface area contributed by atoms with Gasteiger partial charge in [-0.05, 0) is 12.1 Å². The molecule has 7 nitrogen and oxygen atoms in total. The molecular formula is C15H12ClN3O4. The second kappa shape index (κ2) is 5.44. The van der Waals surface area contributed by atoms with Gasteiger partial charge in [0.15, 0.2) is 11.6 Å². The Labute approximate surface area is 136 Å². The van der Waals surface area contributed by atoms with Crippen LogP contribution in [-0.2, 0) is 0 Å².